The fourth-order valence-electron chi connectivity index (χ4n) is 2.06. The molecule has 0 radical (unpaired) electrons. The maximum absolute atomic E-state index is 12.5. The molecule has 24 heavy (non-hydrogen) atoms. The minimum Gasteiger partial charge on any atom is -0.397 e. The summed E-state index contributed by atoms with van der Waals surface area (Å²) in [6, 6.07) is 9.66. The van der Waals surface area contributed by atoms with Gasteiger partial charge in [-0.2, -0.15) is 13.2 Å². The molecule has 0 unspecified atom stereocenters. The van der Waals surface area contributed by atoms with Crippen molar-refractivity contribution in [2.45, 2.75) is 17.2 Å². The monoisotopic (exact) mass is 371 g/mol. The highest BCUT2D eigenvalue weighted by Gasteiger charge is 2.29. The summed E-state index contributed by atoms with van der Waals surface area (Å²) in [7, 11) is 0. The number of rotatable bonds is 3. The highest BCUT2D eigenvalue weighted by molar-refractivity contribution is 7.98. The molecule has 0 bridgehead atoms. The highest BCUT2D eigenvalue weighted by Crippen LogP contribution is 2.30. The van der Waals surface area contributed by atoms with E-state index in [0.29, 0.717) is 16.8 Å². The molecule has 1 heterocycles. The van der Waals surface area contributed by atoms with Crippen molar-refractivity contribution < 1.29 is 17.6 Å². The lowest BCUT2D eigenvalue weighted by molar-refractivity contribution is -0.137. The van der Waals surface area contributed by atoms with Gasteiger partial charge in [0.25, 0.3) is 5.22 Å². The number of halogens is 4. The molecule has 1 aromatic heterocycles. The number of benzene rings is 2. The molecule has 0 amide bonds. The summed E-state index contributed by atoms with van der Waals surface area (Å²) >= 11 is 7.06. The quantitative estimate of drug-likeness (QED) is 0.597. The van der Waals surface area contributed by atoms with Crippen LogP contribution in [0.1, 0.15) is 11.1 Å². The van der Waals surface area contributed by atoms with E-state index in [0.717, 1.165) is 23.9 Å². The molecule has 3 nitrogen and oxygen atoms in total. The Morgan fingerprint density at radius 2 is 1.83 bits per heavy atom. The summed E-state index contributed by atoms with van der Waals surface area (Å²) in [6.07, 6.45) is -4.36. The van der Waals surface area contributed by atoms with Crippen LogP contribution < -0.4 is 5.63 Å². The first-order chi connectivity index (χ1) is 11.3. The van der Waals surface area contributed by atoms with Crippen molar-refractivity contribution >= 4 is 34.3 Å². The Bertz CT molecular complexity index is 939. The zero-order valence-corrected chi connectivity index (χ0v) is 13.5. The van der Waals surface area contributed by atoms with E-state index in [4.69, 9.17) is 16.0 Å². The Morgan fingerprint density at radius 3 is 2.50 bits per heavy atom. The second kappa shape index (κ2) is 6.49. The number of aromatic nitrogens is 1. The lowest BCUT2D eigenvalue weighted by Gasteiger charge is -2.07. The van der Waals surface area contributed by atoms with Gasteiger partial charge in [0, 0.05) is 5.75 Å². The molecule has 8 heteroatoms. The molecule has 3 aromatic rings. The Hall–Kier alpha value is -1.99. The summed E-state index contributed by atoms with van der Waals surface area (Å²) in [5.41, 5.74) is -0.237. The van der Waals surface area contributed by atoms with E-state index in [2.05, 4.69) is 4.98 Å². The van der Waals surface area contributed by atoms with Crippen molar-refractivity contribution in [3.05, 3.63) is 69.0 Å². The van der Waals surface area contributed by atoms with Crippen molar-refractivity contribution in [3.8, 4) is 0 Å². The molecule has 0 aliphatic heterocycles. The maximum Gasteiger partial charge on any atom is 0.416 e. The highest BCUT2D eigenvalue weighted by atomic mass is 35.5. The van der Waals surface area contributed by atoms with Gasteiger partial charge in [-0.25, -0.2) is 9.78 Å². The summed E-state index contributed by atoms with van der Waals surface area (Å²) in [5, 5.41) is 0.598. The number of thioether (sulfide) groups is 1. The van der Waals surface area contributed by atoms with Crippen molar-refractivity contribution in [1.29, 1.82) is 0 Å². The lowest BCUT2D eigenvalue weighted by Crippen LogP contribution is -2.04. The van der Waals surface area contributed by atoms with E-state index in [9.17, 15) is 18.0 Å². The second-order valence-electron chi connectivity index (χ2n) is 4.88. The lowest BCUT2D eigenvalue weighted by atomic mass is 10.1. The first-order valence-electron chi connectivity index (χ1n) is 6.73. The van der Waals surface area contributed by atoms with Crippen LogP contribution in [0, 0.1) is 0 Å². The standard InChI is InChI=1S/C16H9ClF3NO2S/c17-11-2-1-3-12-13(11)14(22)23-15(21-12)24-8-9-4-6-10(7-5-9)16(18,19)20/h1-7H,8H2. The molecule has 0 aliphatic rings. The molecule has 124 valence electrons. The predicted molar refractivity (Wildman–Crippen MR) is 86.3 cm³/mol. The third kappa shape index (κ3) is 3.57. The van der Waals surface area contributed by atoms with E-state index in [-0.39, 0.29) is 15.6 Å². The number of nitrogens with zero attached hydrogens (tertiary/aromatic N) is 1. The van der Waals surface area contributed by atoms with Crippen LogP contribution in [-0.2, 0) is 11.9 Å². The van der Waals surface area contributed by atoms with Gasteiger partial charge in [-0.05, 0) is 29.8 Å². The zero-order valence-electron chi connectivity index (χ0n) is 11.9. The van der Waals surface area contributed by atoms with Gasteiger partial charge in [0.1, 0.15) is 5.39 Å². The molecule has 0 fully saturated rings. The van der Waals surface area contributed by atoms with Crippen molar-refractivity contribution in [3.63, 3.8) is 0 Å². The van der Waals surface area contributed by atoms with Crippen LogP contribution in [-0.4, -0.2) is 4.98 Å². The zero-order chi connectivity index (χ0) is 17.3. The summed E-state index contributed by atoms with van der Waals surface area (Å²) < 4.78 is 42.7. The van der Waals surface area contributed by atoms with Gasteiger partial charge in [-0.15, -0.1) is 0 Å². The maximum atomic E-state index is 12.5. The molecular formula is C16H9ClF3NO2S. The van der Waals surface area contributed by atoms with Crippen molar-refractivity contribution in [2.24, 2.45) is 0 Å². The topological polar surface area (TPSA) is 43.1 Å². The van der Waals surface area contributed by atoms with E-state index < -0.39 is 17.4 Å². The van der Waals surface area contributed by atoms with Crippen LogP contribution in [0.25, 0.3) is 10.9 Å². The fourth-order valence-corrected chi connectivity index (χ4v) is 3.08. The molecule has 3 rings (SSSR count). The number of alkyl halides is 3. The van der Waals surface area contributed by atoms with Crippen LogP contribution in [0.5, 0.6) is 0 Å². The fraction of sp³-hybridized carbons (Fsp3) is 0.125. The first kappa shape index (κ1) is 16.9. The molecule has 2 aromatic carbocycles. The van der Waals surface area contributed by atoms with Crippen LogP contribution in [0.2, 0.25) is 5.02 Å². The smallest absolute Gasteiger partial charge is 0.397 e. The average molecular weight is 372 g/mol. The minimum absolute atomic E-state index is 0.134. The molecule has 0 aliphatic carbocycles. The van der Waals surface area contributed by atoms with Crippen molar-refractivity contribution in [2.75, 3.05) is 0 Å². The SMILES string of the molecule is O=c1oc(SCc2ccc(C(F)(F)F)cc2)nc2cccc(Cl)c12. The number of fused-ring (bicyclic) bond motifs is 1. The summed E-state index contributed by atoms with van der Waals surface area (Å²) in [4.78, 5) is 16.2. The molecule has 0 spiro atoms. The normalized spacial score (nSPS) is 11.8. The first-order valence-corrected chi connectivity index (χ1v) is 8.09. The largest absolute Gasteiger partial charge is 0.416 e. The third-order valence-electron chi connectivity index (χ3n) is 3.23. The molecule has 0 N–H and O–H groups in total. The average Bonchev–Trinajstić information content (AvgIpc) is 2.52. The number of hydrogen-bond donors (Lipinski definition) is 0. The summed E-state index contributed by atoms with van der Waals surface area (Å²) in [5.74, 6) is 0.320. The van der Waals surface area contributed by atoms with Gasteiger partial charge < -0.3 is 4.42 Å². The molecule has 0 saturated heterocycles. The molecular weight excluding hydrogens is 363 g/mol. The van der Waals surface area contributed by atoms with Crippen LogP contribution in [0.4, 0.5) is 13.2 Å². The Balaban J connectivity index is 1.80. The van der Waals surface area contributed by atoms with Gasteiger partial charge in [0.05, 0.1) is 16.1 Å². The Kier molecular flexibility index (Phi) is 4.56. The van der Waals surface area contributed by atoms with Gasteiger partial charge in [0.15, 0.2) is 0 Å². The van der Waals surface area contributed by atoms with Gasteiger partial charge in [-0.3, -0.25) is 0 Å². The van der Waals surface area contributed by atoms with Crippen LogP contribution in [0.3, 0.4) is 0 Å². The minimum atomic E-state index is -4.36. The van der Waals surface area contributed by atoms with Gasteiger partial charge in [-0.1, -0.05) is 41.6 Å². The Labute approximate surface area is 143 Å². The number of hydrogen-bond acceptors (Lipinski definition) is 4. The van der Waals surface area contributed by atoms with Gasteiger partial charge >= 0.3 is 11.8 Å². The van der Waals surface area contributed by atoms with E-state index in [1.54, 1.807) is 18.2 Å². The van der Waals surface area contributed by atoms with Crippen molar-refractivity contribution in [1.82, 2.24) is 4.98 Å². The second-order valence-corrected chi connectivity index (χ2v) is 6.22. The molecule has 0 saturated carbocycles. The van der Waals surface area contributed by atoms with Crippen LogP contribution in [0.15, 0.2) is 56.9 Å². The van der Waals surface area contributed by atoms with Gasteiger partial charge in [0.2, 0.25) is 0 Å². The van der Waals surface area contributed by atoms with E-state index in [1.165, 1.54) is 12.1 Å². The van der Waals surface area contributed by atoms with E-state index in [1.807, 2.05) is 0 Å². The van der Waals surface area contributed by atoms with E-state index >= 15 is 0 Å². The third-order valence-corrected chi connectivity index (χ3v) is 4.45. The summed E-state index contributed by atoms with van der Waals surface area (Å²) in [6.45, 7) is 0. The predicted octanol–water partition coefficient (Wildman–Crippen LogP) is 5.15. The molecule has 0 atom stereocenters. The Morgan fingerprint density at radius 1 is 1.12 bits per heavy atom. The van der Waals surface area contributed by atoms with Crippen LogP contribution >= 0.6 is 23.4 Å².